The Labute approximate surface area is 116 Å². The Kier molecular flexibility index (Phi) is 4.05. The molecule has 0 aliphatic heterocycles. The molecule has 1 N–H and O–H groups in total. The second-order valence-electron chi connectivity index (χ2n) is 4.50. The van der Waals surface area contributed by atoms with Crippen LogP contribution in [0.4, 0.5) is 14.5 Å². The number of anilines is 1. The molecule has 2 aromatic rings. The van der Waals surface area contributed by atoms with Crippen LogP contribution in [-0.2, 0) is 0 Å². The van der Waals surface area contributed by atoms with Gasteiger partial charge in [0, 0.05) is 16.3 Å². The van der Waals surface area contributed by atoms with Crippen LogP contribution >= 0.6 is 11.6 Å². The lowest BCUT2D eigenvalue weighted by Crippen LogP contribution is -2.09. The summed E-state index contributed by atoms with van der Waals surface area (Å²) in [6.45, 7) is 3.67. The number of rotatable bonds is 3. The Morgan fingerprint density at radius 2 is 1.84 bits per heavy atom. The van der Waals surface area contributed by atoms with E-state index in [4.69, 9.17) is 11.6 Å². The van der Waals surface area contributed by atoms with Gasteiger partial charge in [-0.1, -0.05) is 17.7 Å². The molecule has 4 heteroatoms. The third kappa shape index (κ3) is 3.24. The first-order valence-electron chi connectivity index (χ1n) is 5.95. The Hall–Kier alpha value is -1.61. The van der Waals surface area contributed by atoms with E-state index in [1.54, 1.807) is 13.0 Å². The Morgan fingerprint density at radius 1 is 1.11 bits per heavy atom. The van der Waals surface area contributed by atoms with Gasteiger partial charge in [0.15, 0.2) is 0 Å². The third-order valence-electron chi connectivity index (χ3n) is 2.98. The summed E-state index contributed by atoms with van der Waals surface area (Å²) in [5.41, 5.74) is 2.03. The van der Waals surface area contributed by atoms with Gasteiger partial charge in [-0.15, -0.1) is 0 Å². The minimum absolute atomic E-state index is 0.289. The van der Waals surface area contributed by atoms with E-state index in [1.165, 1.54) is 6.07 Å². The molecule has 0 aliphatic rings. The lowest BCUT2D eigenvalue weighted by atomic mass is 10.1. The van der Waals surface area contributed by atoms with Gasteiger partial charge in [-0.25, -0.2) is 8.78 Å². The van der Waals surface area contributed by atoms with Gasteiger partial charge in [-0.2, -0.15) is 0 Å². The maximum Gasteiger partial charge on any atom is 0.128 e. The third-order valence-corrected chi connectivity index (χ3v) is 3.39. The molecule has 0 radical (unpaired) electrons. The average molecular weight is 282 g/mol. The first-order valence-corrected chi connectivity index (χ1v) is 6.33. The molecule has 1 atom stereocenters. The monoisotopic (exact) mass is 281 g/mol. The van der Waals surface area contributed by atoms with Crippen molar-refractivity contribution in [3.63, 3.8) is 0 Å². The minimum Gasteiger partial charge on any atom is -0.378 e. The van der Waals surface area contributed by atoms with Crippen LogP contribution in [0.1, 0.15) is 24.1 Å². The van der Waals surface area contributed by atoms with Crippen molar-refractivity contribution in [2.75, 3.05) is 5.32 Å². The van der Waals surface area contributed by atoms with Gasteiger partial charge in [0.05, 0.1) is 6.04 Å². The molecule has 0 fully saturated rings. The average Bonchev–Trinajstić information content (AvgIpc) is 2.36. The molecule has 2 aromatic carbocycles. The summed E-state index contributed by atoms with van der Waals surface area (Å²) in [6.07, 6.45) is 0. The van der Waals surface area contributed by atoms with E-state index < -0.39 is 11.6 Å². The highest BCUT2D eigenvalue weighted by molar-refractivity contribution is 6.31. The number of halogens is 3. The van der Waals surface area contributed by atoms with Crippen LogP contribution in [0.5, 0.6) is 0 Å². The first-order chi connectivity index (χ1) is 8.97. The van der Waals surface area contributed by atoms with Crippen molar-refractivity contribution in [1.82, 2.24) is 0 Å². The summed E-state index contributed by atoms with van der Waals surface area (Å²) in [4.78, 5) is 0. The molecule has 0 amide bonds. The number of benzene rings is 2. The molecule has 0 saturated carbocycles. The lowest BCUT2D eigenvalue weighted by Gasteiger charge is -2.17. The van der Waals surface area contributed by atoms with Crippen molar-refractivity contribution < 1.29 is 8.78 Å². The van der Waals surface area contributed by atoms with Crippen LogP contribution in [0.15, 0.2) is 36.4 Å². The SMILES string of the molecule is Cc1ccc(NC(C)c2cc(F)ccc2F)cc1Cl. The maximum absolute atomic E-state index is 13.6. The molecule has 0 spiro atoms. The van der Waals surface area contributed by atoms with Gasteiger partial charge in [0.2, 0.25) is 0 Å². The first kappa shape index (κ1) is 13.8. The second-order valence-corrected chi connectivity index (χ2v) is 4.90. The second kappa shape index (κ2) is 5.57. The molecular weight excluding hydrogens is 268 g/mol. The highest BCUT2D eigenvalue weighted by Gasteiger charge is 2.12. The van der Waals surface area contributed by atoms with Crippen molar-refractivity contribution >= 4 is 17.3 Å². The predicted molar refractivity (Wildman–Crippen MR) is 74.6 cm³/mol. The zero-order chi connectivity index (χ0) is 14.0. The van der Waals surface area contributed by atoms with E-state index >= 15 is 0 Å². The molecule has 0 aliphatic carbocycles. The van der Waals surface area contributed by atoms with Crippen LogP contribution in [0.2, 0.25) is 5.02 Å². The van der Waals surface area contributed by atoms with Crippen LogP contribution < -0.4 is 5.32 Å². The van der Waals surface area contributed by atoms with Gasteiger partial charge in [0.25, 0.3) is 0 Å². The van der Waals surface area contributed by atoms with Crippen molar-refractivity contribution in [3.05, 3.63) is 64.2 Å². The fourth-order valence-electron chi connectivity index (χ4n) is 1.86. The van der Waals surface area contributed by atoms with Crippen molar-refractivity contribution in [1.29, 1.82) is 0 Å². The highest BCUT2D eigenvalue weighted by Crippen LogP contribution is 2.25. The standard InChI is InChI=1S/C15H14ClF2N/c1-9-3-5-12(8-14(9)16)19-10(2)13-7-11(17)4-6-15(13)18/h3-8,10,19H,1-2H3. The van der Waals surface area contributed by atoms with Crippen LogP contribution in [0, 0.1) is 18.6 Å². The number of hydrogen-bond acceptors (Lipinski definition) is 1. The molecule has 2 rings (SSSR count). The largest absolute Gasteiger partial charge is 0.378 e. The zero-order valence-corrected chi connectivity index (χ0v) is 11.4. The molecule has 0 bridgehead atoms. The fourth-order valence-corrected chi connectivity index (χ4v) is 2.04. The summed E-state index contributed by atoms with van der Waals surface area (Å²) >= 11 is 6.03. The Morgan fingerprint density at radius 3 is 2.53 bits per heavy atom. The number of nitrogens with one attached hydrogen (secondary N) is 1. The summed E-state index contributed by atoms with van der Waals surface area (Å²) in [6, 6.07) is 8.58. The van der Waals surface area contributed by atoms with Crippen LogP contribution in [0.25, 0.3) is 0 Å². The van der Waals surface area contributed by atoms with Gasteiger partial charge in [0.1, 0.15) is 11.6 Å². The molecule has 1 unspecified atom stereocenters. The van der Waals surface area contributed by atoms with E-state index in [9.17, 15) is 8.78 Å². The van der Waals surface area contributed by atoms with Gasteiger partial charge < -0.3 is 5.32 Å². The van der Waals surface area contributed by atoms with E-state index in [0.717, 1.165) is 23.4 Å². The molecule has 0 saturated heterocycles. The van der Waals surface area contributed by atoms with E-state index in [1.807, 2.05) is 19.1 Å². The van der Waals surface area contributed by atoms with E-state index in [0.29, 0.717) is 5.02 Å². The van der Waals surface area contributed by atoms with Crippen LogP contribution in [-0.4, -0.2) is 0 Å². The Bertz CT molecular complexity index is 599. The quantitative estimate of drug-likeness (QED) is 0.825. The lowest BCUT2D eigenvalue weighted by molar-refractivity contribution is 0.577. The predicted octanol–water partition coefficient (Wildman–Crippen LogP) is 5.10. The maximum atomic E-state index is 13.6. The Balaban J connectivity index is 2.22. The zero-order valence-electron chi connectivity index (χ0n) is 10.7. The molecule has 1 nitrogen and oxygen atoms in total. The van der Waals surface area contributed by atoms with Crippen molar-refractivity contribution in [2.24, 2.45) is 0 Å². The van der Waals surface area contributed by atoms with Gasteiger partial charge >= 0.3 is 0 Å². The van der Waals surface area contributed by atoms with E-state index in [-0.39, 0.29) is 11.6 Å². The summed E-state index contributed by atoms with van der Waals surface area (Å²) in [5.74, 6) is -0.883. The van der Waals surface area contributed by atoms with Gasteiger partial charge in [-0.05, 0) is 49.7 Å². The molecule has 0 aromatic heterocycles. The summed E-state index contributed by atoms with van der Waals surface area (Å²) in [7, 11) is 0. The normalized spacial score (nSPS) is 12.3. The number of hydrogen-bond donors (Lipinski definition) is 1. The highest BCUT2D eigenvalue weighted by atomic mass is 35.5. The van der Waals surface area contributed by atoms with Gasteiger partial charge in [-0.3, -0.25) is 0 Å². The summed E-state index contributed by atoms with van der Waals surface area (Å²) < 4.78 is 26.8. The molecule has 0 heterocycles. The molecule has 100 valence electrons. The topological polar surface area (TPSA) is 12.0 Å². The minimum atomic E-state index is -0.452. The molecule has 19 heavy (non-hydrogen) atoms. The van der Waals surface area contributed by atoms with Crippen molar-refractivity contribution in [3.8, 4) is 0 Å². The van der Waals surface area contributed by atoms with Crippen molar-refractivity contribution in [2.45, 2.75) is 19.9 Å². The van der Waals surface area contributed by atoms with E-state index in [2.05, 4.69) is 5.32 Å². The number of aryl methyl sites for hydroxylation is 1. The van der Waals surface area contributed by atoms with Crippen LogP contribution in [0.3, 0.4) is 0 Å². The summed E-state index contributed by atoms with van der Waals surface area (Å²) in [5, 5.41) is 3.74. The fraction of sp³-hybridized carbons (Fsp3) is 0.200. The molecular formula is C15H14ClF2N. The smallest absolute Gasteiger partial charge is 0.128 e.